The Hall–Kier alpha value is -3.54. The molecule has 0 heterocycles. The van der Waals surface area contributed by atoms with E-state index in [2.05, 4.69) is 0 Å². The fourth-order valence-corrected chi connectivity index (χ4v) is 3.48. The zero-order valence-electron chi connectivity index (χ0n) is 26.0. The van der Waals surface area contributed by atoms with E-state index in [-0.39, 0.29) is 48.6 Å². The SMILES string of the molecule is CCCCCOC(=O)OC(C)CC(c1ccc(OC(=O)OCC(C)(C)C)c(OC(=O)OCC(C)(C)C)c1)[C@H](N)C(=O)O. The minimum atomic E-state index is -1.42. The second kappa shape index (κ2) is 16.8. The van der Waals surface area contributed by atoms with E-state index in [1.54, 1.807) is 6.92 Å². The highest BCUT2D eigenvalue weighted by molar-refractivity contribution is 5.75. The Bertz CT molecular complexity index is 1040. The largest absolute Gasteiger partial charge is 0.513 e. The molecule has 2 unspecified atom stereocenters. The van der Waals surface area contributed by atoms with E-state index in [0.717, 1.165) is 12.8 Å². The number of rotatable bonds is 14. The maximum absolute atomic E-state index is 12.5. The van der Waals surface area contributed by atoms with Crippen LogP contribution in [0.15, 0.2) is 18.2 Å². The highest BCUT2D eigenvalue weighted by Gasteiger charge is 2.31. The fraction of sp³-hybridized carbons (Fsp3) is 0.667. The van der Waals surface area contributed by atoms with Gasteiger partial charge in [0.25, 0.3) is 0 Å². The van der Waals surface area contributed by atoms with E-state index in [1.165, 1.54) is 18.2 Å². The van der Waals surface area contributed by atoms with Gasteiger partial charge in [0.1, 0.15) is 12.1 Å². The lowest BCUT2D eigenvalue weighted by molar-refractivity contribution is -0.139. The minimum absolute atomic E-state index is 0.000729. The number of carbonyl (C=O) groups excluding carboxylic acids is 3. The van der Waals surface area contributed by atoms with Gasteiger partial charge in [0.2, 0.25) is 0 Å². The molecule has 3 N–H and O–H groups in total. The first-order chi connectivity index (χ1) is 19.4. The molecule has 0 radical (unpaired) electrons. The van der Waals surface area contributed by atoms with Gasteiger partial charge < -0.3 is 39.3 Å². The van der Waals surface area contributed by atoms with Gasteiger partial charge in [-0.1, -0.05) is 67.4 Å². The van der Waals surface area contributed by atoms with Crippen molar-refractivity contribution in [3.63, 3.8) is 0 Å². The summed E-state index contributed by atoms with van der Waals surface area (Å²) >= 11 is 0. The monoisotopic (exact) mass is 597 g/mol. The van der Waals surface area contributed by atoms with Crippen LogP contribution in [0.3, 0.4) is 0 Å². The molecule has 0 fully saturated rings. The fourth-order valence-electron chi connectivity index (χ4n) is 3.48. The third-order valence-electron chi connectivity index (χ3n) is 5.60. The molecule has 12 nitrogen and oxygen atoms in total. The van der Waals surface area contributed by atoms with Crippen LogP contribution in [0.1, 0.15) is 92.6 Å². The van der Waals surface area contributed by atoms with Crippen LogP contribution in [-0.2, 0) is 23.7 Å². The lowest BCUT2D eigenvalue weighted by atomic mass is 9.87. The molecule has 1 rings (SSSR count). The first kappa shape index (κ1) is 36.5. The first-order valence-corrected chi connectivity index (χ1v) is 14.1. The molecule has 0 spiro atoms. The van der Waals surface area contributed by atoms with E-state index in [9.17, 15) is 24.3 Å². The Morgan fingerprint density at radius 1 is 0.833 bits per heavy atom. The highest BCUT2D eigenvalue weighted by Crippen LogP contribution is 2.35. The Morgan fingerprint density at radius 2 is 1.38 bits per heavy atom. The number of ether oxygens (including phenoxy) is 6. The first-order valence-electron chi connectivity index (χ1n) is 14.1. The number of nitrogens with two attached hydrogens (primary N) is 1. The van der Waals surface area contributed by atoms with Crippen molar-refractivity contribution < 1.29 is 52.7 Å². The van der Waals surface area contributed by atoms with Crippen molar-refractivity contribution in [2.75, 3.05) is 19.8 Å². The maximum Gasteiger partial charge on any atom is 0.513 e. The van der Waals surface area contributed by atoms with Crippen molar-refractivity contribution in [1.82, 2.24) is 0 Å². The van der Waals surface area contributed by atoms with Crippen LogP contribution in [0, 0.1) is 10.8 Å². The molecule has 0 bridgehead atoms. The third kappa shape index (κ3) is 14.9. The summed E-state index contributed by atoms with van der Waals surface area (Å²) in [5.74, 6) is -2.58. The topological polar surface area (TPSA) is 170 Å². The van der Waals surface area contributed by atoms with Crippen molar-refractivity contribution >= 4 is 24.4 Å². The molecule has 12 heteroatoms. The van der Waals surface area contributed by atoms with Gasteiger partial charge in [-0.2, -0.15) is 0 Å². The zero-order valence-corrected chi connectivity index (χ0v) is 26.0. The molecule has 3 atom stereocenters. The molecule has 238 valence electrons. The summed E-state index contributed by atoms with van der Waals surface area (Å²) in [6.45, 7) is 15.1. The molecule has 0 aliphatic heterocycles. The van der Waals surface area contributed by atoms with Crippen molar-refractivity contribution in [3.8, 4) is 11.5 Å². The summed E-state index contributed by atoms with van der Waals surface area (Å²) in [4.78, 5) is 48.8. The molecule has 0 amide bonds. The Balaban J connectivity index is 3.25. The molecule has 1 aromatic carbocycles. The van der Waals surface area contributed by atoms with Gasteiger partial charge in [-0.25, -0.2) is 14.4 Å². The molecule has 0 aromatic heterocycles. The molecular formula is C30H47NO11. The second-order valence-electron chi connectivity index (χ2n) is 12.5. The van der Waals surface area contributed by atoms with Gasteiger partial charge in [-0.15, -0.1) is 0 Å². The second-order valence-corrected chi connectivity index (χ2v) is 12.5. The zero-order chi connectivity index (χ0) is 32.1. The van der Waals surface area contributed by atoms with Gasteiger partial charge in [-0.05, 0) is 48.3 Å². The van der Waals surface area contributed by atoms with Crippen molar-refractivity contribution in [2.24, 2.45) is 16.6 Å². The van der Waals surface area contributed by atoms with Gasteiger partial charge >= 0.3 is 24.4 Å². The predicted molar refractivity (Wildman–Crippen MR) is 154 cm³/mol. The summed E-state index contributed by atoms with van der Waals surface area (Å²) in [5, 5.41) is 9.69. The van der Waals surface area contributed by atoms with Crippen LogP contribution in [0.25, 0.3) is 0 Å². The van der Waals surface area contributed by atoms with Crippen LogP contribution >= 0.6 is 0 Å². The van der Waals surface area contributed by atoms with E-state index in [0.29, 0.717) is 12.0 Å². The van der Waals surface area contributed by atoms with Crippen LogP contribution in [0.5, 0.6) is 11.5 Å². The number of hydrogen-bond donors (Lipinski definition) is 2. The number of aliphatic carboxylic acids is 1. The van der Waals surface area contributed by atoms with Crippen LogP contribution in [0.4, 0.5) is 14.4 Å². The van der Waals surface area contributed by atoms with E-state index < -0.39 is 42.5 Å². The van der Waals surface area contributed by atoms with Crippen molar-refractivity contribution in [3.05, 3.63) is 23.8 Å². The van der Waals surface area contributed by atoms with E-state index >= 15 is 0 Å². The van der Waals surface area contributed by atoms with Crippen molar-refractivity contribution in [1.29, 1.82) is 0 Å². The summed E-state index contributed by atoms with van der Waals surface area (Å²) < 4.78 is 31.4. The van der Waals surface area contributed by atoms with Gasteiger partial charge in [-0.3, -0.25) is 4.79 Å². The highest BCUT2D eigenvalue weighted by atomic mass is 16.7. The Morgan fingerprint density at radius 3 is 1.88 bits per heavy atom. The number of carbonyl (C=O) groups is 4. The molecule has 0 saturated heterocycles. The standard InChI is InChI=1S/C30H47NO11/c1-9-10-11-14-37-26(34)40-19(2)15-21(24(31)25(32)33)20-12-13-22(41-27(35)38-17-29(3,4)5)23(16-20)42-28(36)39-18-30(6,7)8/h12-13,16,19,21,24H,9-11,14-15,17-18,31H2,1-8H3,(H,32,33)/t19?,21?,24-/m0/s1. The van der Waals surface area contributed by atoms with E-state index in [1.807, 2.05) is 48.5 Å². The summed E-state index contributed by atoms with van der Waals surface area (Å²) in [6.07, 6.45) is -1.16. The number of carboxylic acids is 1. The lowest BCUT2D eigenvalue weighted by Gasteiger charge is -2.25. The average Bonchev–Trinajstić information content (AvgIpc) is 2.87. The number of carboxylic acid groups (broad SMARTS) is 1. The Kier molecular flexibility index (Phi) is 14.6. The van der Waals surface area contributed by atoms with Crippen LogP contribution in [-0.4, -0.2) is 61.5 Å². The lowest BCUT2D eigenvalue weighted by Crippen LogP contribution is -2.38. The molecular weight excluding hydrogens is 550 g/mol. The van der Waals surface area contributed by atoms with Gasteiger partial charge in [0.15, 0.2) is 11.5 Å². The van der Waals surface area contributed by atoms with Crippen molar-refractivity contribution in [2.45, 2.75) is 99.1 Å². The predicted octanol–water partition coefficient (Wildman–Crippen LogP) is 6.43. The molecule has 0 aliphatic rings. The summed E-state index contributed by atoms with van der Waals surface area (Å²) in [7, 11) is 0. The smallest absolute Gasteiger partial charge is 0.480 e. The maximum atomic E-state index is 12.5. The molecule has 42 heavy (non-hydrogen) atoms. The summed E-state index contributed by atoms with van der Waals surface area (Å²) in [6, 6.07) is 2.72. The number of hydrogen-bond acceptors (Lipinski definition) is 11. The minimum Gasteiger partial charge on any atom is -0.480 e. The molecule has 0 aliphatic carbocycles. The normalized spacial score (nSPS) is 13.7. The van der Waals surface area contributed by atoms with Gasteiger partial charge in [0.05, 0.1) is 19.8 Å². The number of unbranched alkanes of at least 4 members (excludes halogenated alkanes) is 2. The number of benzene rings is 1. The molecule has 0 saturated carbocycles. The molecule has 1 aromatic rings. The summed E-state index contributed by atoms with van der Waals surface area (Å²) in [5.41, 5.74) is 5.68. The van der Waals surface area contributed by atoms with Crippen LogP contribution in [0.2, 0.25) is 0 Å². The van der Waals surface area contributed by atoms with Gasteiger partial charge in [0, 0.05) is 5.92 Å². The van der Waals surface area contributed by atoms with Crippen LogP contribution < -0.4 is 15.2 Å². The Labute approximate surface area is 248 Å². The average molecular weight is 598 g/mol. The quantitative estimate of drug-likeness (QED) is 0.104. The third-order valence-corrected chi connectivity index (χ3v) is 5.60. The van der Waals surface area contributed by atoms with E-state index in [4.69, 9.17) is 34.2 Å².